The van der Waals surface area contributed by atoms with Crippen molar-refractivity contribution in [3.8, 4) is 0 Å². The van der Waals surface area contributed by atoms with Crippen LogP contribution in [0.15, 0.2) is 51.7 Å². The topological polar surface area (TPSA) is 64.2 Å². The highest BCUT2D eigenvalue weighted by Gasteiger charge is 2.08. The van der Waals surface area contributed by atoms with E-state index in [1.165, 1.54) is 4.57 Å². The van der Waals surface area contributed by atoms with Crippen LogP contribution in [-0.2, 0) is 24.8 Å². The Kier molecular flexibility index (Phi) is 4.71. The minimum atomic E-state index is -0.389. The fourth-order valence-corrected chi connectivity index (χ4v) is 2.71. The predicted octanol–water partition coefficient (Wildman–Crippen LogP) is 3.03. The van der Waals surface area contributed by atoms with Crippen LogP contribution in [0.2, 0.25) is 5.02 Å². The van der Waals surface area contributed by atoms with Gasteiger partial charge in [0.2, 0.25) is 5.91 Å². The molecule has 6 heteroatoms. The third-order valence-corrected chi connectivity index (χ3v) is 4.30. The van der Waals surface area contributed by atoms with Crippen LogP contribution in [0.1, 0.15) is 17.5 Å². The van der Waals surface area contributed by atoms with Gasteiger partial charge in [-0.3, -0.25) is 9.36 Å². The Morgan fingerprint density at radius 2 is 2.04 bits per heavy atom. The Balaban J connectivity index is 1.59. The number of aryl methyl sites for hydroxylation is 2. The Morgan fingerprint density at radius 3 is 2.83 bits per heavy atom. The van der Waals surface area contributed by atoms with Crippen molar-refractivity contribution in [1.82, 2.24) is 9.88 Å². The number of oxazole rings is 1. The summed E-state index contributed by atoms with van der Waals surface area (Å²) >= 11 is 6.06. The molecule has 124 valence electrons. The van der Waals surface area contributed by atoms with Crippen molar-refractivity contribution < 1.29 is 9.21 Å². The van der Waals surface area contributed by atoms with Gasteiger partial charge in [0.25, 0.3) is 0 Å². The largest absolute Gasteiger partial charge is 0.419 e. The van der Waals surface area contributed by atoms with Gasteiger partial charge in [-0.1, -0.05) is 35.9 Å². The second kappa shape index (κ2) is 6.93. The van der Waals surface area contributed by atoms with E-state index >= 15 is 0 Å². The molecule has 24 heavy (non-hydrogen) atoms. The first kappa shape index (κ1) is 16.3. The lowest BCUT2D eigenvalue weighted by Crippen LogP contribution is -2.23. The van der Waals surface area contributed by atoms with E-state index in [2.05, 4.69) is 5.32 Å². The number of nitrogens with one attached hydrogen (secondary N) is 1. The van der Waals surface area contributed by atoms with Crippen molar-refractivity contribution in [3.63, 3.8) is 0 Å². The van der Waals surface area contributed by atoms with Crippen LogP contribution in [0.5, 0.6) is 0 Å². The molecule has 0 saturated carbocycles. The minimum Gasteiger partial charge on any atom is -0.408 e. The van der Waals surface area contributed by atoms with Gasteiger partial charge in [0.15, 0.2) is 5.58 Å². The number of benzene rings is 2. The van der Waals surface area contributed by atoms with E-state index in [1.807, 2.05) is 30.3 Å². The molecule has 3 rings (SSSR count). The van der Waals surface area contributed by atoms with E-state index < -0.39 is 0 Å². The van der Waals surface area contributed by atoms with Gasteiger partial charge in [-0.05, 0) is 35.7 Å². The molecule has 0 unspecified atom stereocenters. The number of amides is 1. The molecule has 0 aliphatic carbocycles. The zero-order chi connectivity index (χ0) is 17.1. The van der Waals surface area contributed by atoms with Crippen molar-refractivity contribution in [1.29, 1.82) is 0 Å². The number of aromatic nitrogens is 1. The highest BCUT2D eigenvalue weighted by atomic mass is 35.5. The van der Waals surface area contributed by atoms with Crippen molar-refractivity contribution in [3.05, 3.63) is 69.2 Å². The normalized spacial score (nSPS) is 10.9. The summed E-state index contributed by atoms with van der Waals surface area (Å²) < 4.78 is 6.55. The van der Waals surface area contributed by atoms with Gasteiger partial charge in [-0.2, -0.15) is 0 Å². The number of rotatable bonds is 5. The van der Waals surface area contributed by atoms with Crippen LogP contribution < -0.4 is 11.1 Å². The molecule has 0 fully saturated rings. The van der Waals surface area contributed by atoms with Crippen molar-refractivity contribution in [2.24, 2.45) is 7.05 Å². The number of hydrogen-bond acceptors (Lipinski definition) is 3. The molecule has 0 atom stereocenters. The maximum Gasteiger partial charge on any atom is 0.419 e. The lowest BCUT2D eigenvalue weighted by Gasteiger charge is -2.07. The van der Waals surface area contributed by atoms with Crippen molar-refractivity contribution in [2.75, 3.05) is 0 Å². The molecule has 0 radical (unpaired) electrons. The smallest absolute Gasteiger partial charge is 0.408 e. The maximum absolute atomic E-state index is 12.0. The van der Waals surface area contributed by atoms with Crippen LogP contribution in [0.3, 0.4) is 0 Å². The molecule has 2 aromatic carbocycles. The molecule has 1 aromatic heterocycles. The average Bonchev–Trinajstić information content (AvgIpc) is 2.86. The quantitative estimate of drug-likeness (QED) is 0.773. The first-order valence-electron chi connectivity index (χ1n) is 7.63. The lowest BCUT2D eigenvalue weighted by molar-refractivity contribution is -0.121. The van der Waals surface area contributed by atoms with Gasteiger partial charge >= 0.3 is 5.76 Å². The van der Waals surface area contributed by atoms with E-state index in [0.29, 0.717) is 30.0 Å². The molecule has 0 spiro atoms. The molecule has 1 heterocycles. The summed E-state index contributed by atoms with van der Waals surface area (Å²) in [4.78, 5) is 23.5. The molecule has 5 nitrogen and oxygen atoms in total. The van der Waals surface area contributed by atoms with E-state index in [9.17, 15) is 9.59 Å². The summed E-state index contributed by atoms with van der Waals surface area (Å²) in [6.45, 7) is 0.410. The van der Waals surface area contributed by atoms with E-state index in [1.54, 1.807) is 19.2 Å². The first-order valence-corrected chi connectivity index (χ1v) is 8.01. The second-order valence-electron chi connectivity index (χ2n) is 5.60. The minimum absolute atomic E-state index is 0.0453. The second-order valence-corrected chi connectivity index (χ2v) is 6.00. The number of nitrogens with zero attached hydrogens (tertiary/aromatic N) is 1. The van der Waals surface area contributed by atoms with E-state index in [-0.39, 0.29) is 11.7 Å². The monoisotopic (exact) mass is 344 g/mol. The van der Waals surface area contributed by atoms with Crippen LogP contribution in [0.4, 0.5) is 0 Å². The zero-order valence-corrected chi connectivity index (χ0v) is 14.0. The summed E-state index contributed by atoms with van der Waals surface area (Å²) in [5.74, 6) is -0.435. The summed E-state index contributed by atoms with van der Waals surface area (Å²) in [7, 11) is 1.66. The predicted molar refractivity (Wildman–Crippen MR) is 93.1 cm³/mol. The summed E-state index contributed by atoms with van der Waals surface area (Å²) in [6.07, 6.45) is 0.950. The van der Waals surface area contributed by atoms with Crippen molar-refractivity contribution >= 4 is 28.6 Å². The SMILES string of the molecule is Cn1c(=O)oc2ccc(CCC(=O)NCc3ccccc3Cl)cc21. The molecule has 3 aromatic rings. The molecule has 0 aliphatic rings. The zero-order valence-electron chi connectivity index (χ0n) is 13.2. The third-order valence-electron chi connectivity index (χ3n) is 3.93. The van der Waals surface area contributed by atoms with Gasteiger partial charge in [-0.25, -0.2) is 4.79 Å². The Hall–Kier alpha value is -2.53. The van der Waals surface area contributed by atoms with Crippen LogP contribution in [-0.4, -0.2) is 10.5 Å². The first-order chi connectivity index (χ1) is 11.5. The van der Waals surface area contributed by atoms with Gasteiger partial charge in [0.05, 0.1) is 5.52 Å². The van der Waals surface area contributed by atoms with E-state index in [4.69, 9.17) is 16.0 Å². The van der Waals surface area contributed by atoms with E-state index in [0.717, 1.165) is 16.6 Å². The number of carbonyl (C=O) groups is 1. The highest BCUT2D eigenvalue weighted by Crippen LogP contribution is 2.16. The van der Waals surface area contributed by atoms with Crippen LogP contribution >= 0.6 is 11.6 Å². The van der Waals surface area contributed by atoms with Gasteiger partial charge in [0, 0.05) is 25.0 Å². The number of carbonyl (C=O) groups excluding carboxylic acids is 1. The molecular weight excluding hydrogens is 328 g/mol. The van der Waals surface area contributed by atoms with Gasteiger partial charge in [-0.15, -0.1) is 0 Å². The van der Waals surface area contributed by atoms with Gasteiger partial charge in [0.1, 0.15) is 0 Å². The van der Waals surface area contributed by atoms with Crippen LogP contribution in [0.25, 0.3) is 11.1 Å². The molecule has 0 saturated heterocycles. The number of hydrogen-bond donors (Lipinski definition) is 1. The fourth-order valence-electron chi connectivity index (χ4n) is 2.51. The molecule has 0 aliphatic heterocycles. The Morgan fingerprint density at radius 1 is 1.25 bits per heavy atom. The Labute approximate surface area is 143 Å². The molecule has 0 bridgehead atoms. The maximum atomic E-state index is 12.0. The Bertz CT molecular complexity index is 943. The summed E-state index contributed by atoms with van der Waals surface area (Å²) in [5.41, 5.74) is 3.15. The number of halogens is 1. The number of fused-ring (bicyclic) bond motifs is 1. The molecule has 1 N–H and O–H groups in total. The van der Waals surface area contributed by atoms with Crippen LogP contribution in [0, 0.1) is 0 Å². The molecule has 1 amide bonds. The summed E-state index contributed by atoms with van der Waals surface area (Å²) in [6, 6.07) is 12.9. The molecular formula is C18H17ClN2O3. The fraction of sp³-hybridized carbons (Fsp3) is 0.222. The average molecular weight is 345 g/mol. The van der Waals surface area contributed by atoms with Crippen molar-refractivity contribution in [2.45, 2.75) is 19.4 Å². The summed E-state index contributed by atoms with van der Waals surface area (Å²) in [5, 5.41) is 3.51. The standard InChI is InChI=1S/C18H17ClN2O3/c1-21-15-10-12(6-8-16(15)24-18(21)23)7-9-17(22)20-11-13-4-2-3-5-14(13)19/h2-6,8,10H,7,9,11H2,1H3,(H,20,22). The highest BCUT2D eigenvalue weighted by molar-refractivity contribution is 6.31. The van der Waals surface area contributed by atoms with Gasteiger partial charge < -0.3 is 9.73 Å². The lowest BCUT2D eigenvalue weighted by atomic mass is 10.1. The third kappa shape index (κ3) is 3.51.